The van der Waals surface area contributed by atoms with Crippen LogP contribution in [0.5, 0.6) is 0 Å². The molecule has 152 valence electrons. The second-order valence-corrected chi connectivity index (χ2v) is 7.50. The quantitative estimate of drug-likeness (QED) is 0.768. The van der Waals surface area contributed by atoms with Gasteiger partial charge < -0.3 is 19.6 Å². The molecule has 0 unspecified atom stereocenters. The lowest BCUT2D eigenvalue weighted by Crippen LogP contribution is -2.49. The summed E-state index contributed by atoms with van der Waals surface area (Å²) < 4.78 is 0. The molecule has 0 spiro atoms. The van der Waals surface area contributed by atoms with Gasteiger partial charge in [-0.3, -0.25) is 9.59 Å². The highest BCUT2D eigenvalue weighted by atomic mass is 16.2. The molecule has 2 aromatic rings. The van der Waals surface area contributed by atoms with Crippen molar-refractivity contribution in [1.29, 1.82) is 0 Å². The van der Waals surface area contributed by atoms with Gasteiger partial charge >= 0.3 is 0 Å². The number of hydrogen-bond donors (Lipinski definition) is 0. The molecule has 0 saturated carbocycles. The second-order valence-electron chi connectivity index (χ2n) is 7.50. The molecule has 2 aliphatic heterocycles. The highest BCUT2D eigenvalue weighted by molar-refractivity contribution is 5.99. The van der Waals surface area contributed by atoms with E-state index in [1.165, 1.54) is 0 Å². The van der Waals surface area contributed by atoms with Crippen molar-refractivity contribution in [2.45, 2.75) is 0 Å². The van der Waals surface area contributed by atoms with Gasteiger partial charge in [0.1, 0.15) is 0 Å². The monoisotopic (exact) mass is 394 g/mol. The van der Waals surface area contributed by atoms with E-state index in [9.17, 15) is 9.59 Å². The van der Waals surface area contributed by atoms with Gasteiger partial charge in [-0.1, -0.05) is 6.07 Å². The van der Waals surface area contributed by atoms with Crippen LogP contribution in [0.4, 0.5) is 5.95 Å². The first-order chi connectivity index (χ1) is 14.1. The summed E-state index contributed by atoms with van der Waals surface area (Å²) in [4.78, 5) is 42.3. The van der Waals surface area contributed by atoms with Crippen molar-refractivity contribution in [2.24, 2.45) is 0 Å². The number of piperazine rings is 2. The van der Waals surface area contributed by atoms with Crippen LogP contribution in [0.2, 0.25) is 0 Å². The molecule has 29 heavy (non-hydrogen) atoms. The predicted molar refractivity (Wildman–Crippen MR) is 110 cm³/mol. The summed E-state index contributed by atoms with van der Waals surface area (Å²) in [7, 11) is 2.06. The average Bonchev–Trinajstić information content (AvgIpc) is 2.79. The number of rotatable bonds is 3. The fourth-order valence-corrected chi connectivity index (χ4v) is 3.72. The van der Waals surface area contributed by atoms with E-state index in [2.05, 4.69) is 26.8 Å². The molecule has 2 saturated heterocycles. The average molecular weight is 394 g/mol. The van der Waals surface area contributed by atoms with Crippen LogP contribution < -0.4 is 4.90 Å². The molecule has 0 bridgehead atoms. The Morgan fingerprint density at radius 1 is 0.759 bits per heavy atom. The molecule has 1 aromatic heterocycles. The van der Waals surface area contributed by atoms with Crippen molar-refractivity contribution >= 4 is 17.8 Å². The fourth-order valence-electron chi connectivity index (χ4n) is 3.72. The van der Waals surface area contributed by atoms with Crippen LogP contribution in [-0.2, 0) is 0 Å². The van der Waals surface area contributed by atoms with E-state index in [1.807, 2.05) is 9.80 Å². The summed E-state index contributed by atoms with van der Waals surface area (Å²) in [6, 6.07) is 8.90. The third kappa shape index (κ3) is 4.37. The molecular formula is C21H26N6O2. The minimum atomic E-state index is -0.0355. The number of carbonyl (C=O) groups is 2. The summed E-state index contributed by atoms with van der Waals surface area (Å²) in [6.45, 7) is 5.78. The molecule has 2 aliphatic rings. The van der Waals surface area contributed by atoms with Crippen LogP contribution in [0.25, 0.3) is 0 Å². The highest BCUT2D eigenvalue weighted by Crippen LogP contribution is 2.15. The summed E-state index contributed by atoms with van der Waals surface area (Å²) in [6.07, 6.45) is 3.45. The number of hydrogen-bond acceptors (Lipinski definition) is 6. The molecule has 3 heterocycles. The summed E-state index contributed by atoms with van der Waals surface area (Å²) in [5.41, 5.74) is 1.14. The minimum absolute atomic E-state index is 0.00112. The molecular weight excluding hydrogens is 368 g/mol. The number of benzene rings is 1. The van der Waals surface area contributed by atoms with Crippen LogP contribution in [0.1, 0.15) is 20.7 Å². The molecule has 0 aliphatic carbocycles. The van der Waals surface area contributed by atoms with Crippen molar-refractivity contribution in [2.75, 3.05) is 64.3 Å². The van der Waals surface area contributed by atoms with Gasteiger partial charge in [0.25, 0.3) is 11.8 Å². The second kappa shape index (κ2) is 8.57. The summed E-state index contributed by atoms with van der Waals surface area (Å²) in [5.74, 6) is 0.657. The Balaban J connectivity index is 1.39. The summed E-state index contributed by atoms with van der Waals surface area (Å²) in [5, 5.41) is 0. The number of amides is 2. The number of likely N-dealkylation sites (N-methyl/N-ethyl adjacent to an activating group) is 1. The van der Waals surface area contributed by atoms with Crippen LogP contribution in [0.3, 0.4) is 0 Å². The molecule has 8 nitrogen and oxygen atoms in total. The zero-order chi connectivity index (χ0) is 20.2. The van der Waals surface area contributed by atoms with Crippen LogP contribution in [0.15, 0.2) is 42.7 Å². The number of aromatic nitrogens is 2. The smallest absolute Gasteiger partial charge is 0.253 e. The molecule has 0 atom stereocenters. The first-order valence-corrected chi connectivity index (χ1v) is 10.0. The van der Waals surface area contributed by atoms with Gasteiger partial charge in [-0.15, -0.1) is 0 Å². The summed E-state index contributed by atoms with van der Waals surface area (Å²) >= 11 is 0. The van der Waals surface area contributed by atoms with E-state index in [0.29, 0.717) is 43.3 Å². The van der Waals surface area contributed by atoms with Crippen molar-refractivity contribution in [3.8, 4) is 0 Å². The molecule has 0 N–H and O–H groups in total. The Morgan fingerprint density at radius 3 is 1.83 bits per heavy atom. The van der Waals surface area contributed by atoms with Gasteiger partial charge in [0.2, 0.25) is 5.95 Å². The maximum absolute atomic E-state index is 13.0. The van der Waals surface area contributed by atoms with E-state index in [4.69, 9.17) is 0 Å². The molecule has 2 fully saturated rings. The van der Waals surface area contributed by atoms with Gasteiger partial charge in [-0.25, -0.2) is 9.97 Å². The normalized spacial score (nSPS) is 18.0. The highest BCUT2D eigenvalue weighted by Gasteiger charge is 2.25. The Labute approximate surface area is 170 Å². The fraction of sp³-hybridized carbons (Fsp3) is 0.429. The van der Waals surface area contributed by atoms with Gasteiger partial charge in [-0.05, 0) is 31.3 Å². The van der Waals surface area contributed by atoms with Crippen molar-refractivity contribution < 1.29 is 9.59 Å². The topological polar surface area (TPSA) is 72.9 Å². The van der Waals surface area contributed by atoms with Gasteiger partial charge in [0.05, 0.1) is 0 Å². The van der Waals surface area contributed by atoms with Crippen molar-refractivity contribution in [1.82, 2.24) is 24.7 Å². The van der Waals surface area contributed by atoms with Gasteiger partial charge in [0.15, 0.2) is 0 Å². The lowest BCUT2D eigenvalue weighted by molar-refractivity contribution is 0.0664. The zero-order valence-corrected chi connectivity index (χ0v) is 16.7. The Kier molecular flexibility index (Phi) is 5.71. The van der Waals surface area contributed by atoms with E-state index < -0.39 is 0 Å². The Hall–Kier alpha value is -3.00. The Bertz CT molecular complexity index is 858. The molecule has 4 rings (SSSR count). The maximum atomic E-state index is 13.0. The van der Waals surface area contributed by atoms with Crippen LogP contribution in [-0.4, -0.2) is 95.9 Å². The first-order valence-electron chi connectivity index (χ1n) is 10.0. The van der Waals surface area contributed by atoms with E-state index >= 15 is 0 Å². The lowest BCUT2D eigenvalue weighted by atomic mass is 10.1. The largest absolute Gasteiger partial charge is 0.337 e. The zero-order valence-electron chi connectivity index (χ0n) is 16.7. The van der Waals surface area contributed by atoms with Crippen molar-refractivity contribution in [3.63, 3.8) is 0 Å². The molecule has 1 aromatic carbocycles. The third-order valence-electron chi connectivity index (χ3n) is 5.55. The SMILES string of the molecule is CN1CCN(C(=O)c2cccc(C(=O)N3CCN(c4ncccn4)CC3)c2)CC1. The Morgan fingerprint density at radius 2 is 1.28 bits per heavy atom. The number of carbonyl (C=O) groups excluding carboxylic acids is 2. The molecule has 0 radical (unpaired) electrons. The molecule has 8 heteroatoms. The number of nitrogens with zero attached hydrogens (tertiary/aromatic N) is 6. The van der Waals surface area contributed by atoms with Gasteiger partial charge in [0, 0.05) is 75.9 Å². The predicted octanol–water partition coefficient (Wildman–Crippen LogP) is 0.827. The number of anilines is 1. The van der Waals surface area contributed by atoms with E-state index in [0.717, 1.165) is 26.2 Å². The lowest BCUT2D eigenvalue weighted by Gasteiger charge is -2.35. The first kappa shape index (κ1) is 19.3. The van der Waals surface area contributed by atoms with Crippen LogP contribution >= 0.6 is 0 Å². The minimum Gasteiger partial charge on any atom is -0.337 e. The third-order valence-corrected chi connectivity index (χ3v) is 5.55. The molecule has 2 amide bonds. The van der Waals surface area contributed by atoms with Crippen molar-refractivity contribution in [3.05, 3.63) is 53.9 Å². The van der Waals surface area contributed by atoms with Crippen LogP contribution in [0, 0.1) is 0 Å². The van der Waals surface area contributed by atoms with E-state index in [-0.39, 0.29) is 11.8 Å². The van der Waals surface area contributed by atoms with Gasteiger partial charge in [-0.2, -0.15) is 0 Å². The maximum Gasteiger partial charge on any atom is 0.253 e. The standard InChI is InChI=1S/C21H26N6O2/c1-24-8-10-25(11-9-24)19(28)17-4-2-5-18(16-17)20(29)26-12-14-27(15-13-26)21-22-6-3-7-23-21/h2-7,16H,8-15H2,1H3. The van der Waals surface area contributed by atoms with E-state index in [1.54, 1.807) is 42.7 Å².